The van der Waals surface area contributed by atoms with Crippen LogP contribution < -0.4 is 0 Å². The van der Waals surface area contributed by atoms with Crippen molar-refractivity contribution in [3.05, 3.63) is 12.2 Å². The van der Waals surface area contributed by atoms with E-state index in [2.05, 4.69) is 0 Å². The molecule has 0 saturated carbocycles. The zero-order valence-electron chi connectivity index (χ0n) is 8.12. The van der Waals surface area contributed by atoms with Crippen LogP contribution in [0.15, 0.2) is 12.2 Å². The Morgan fingerprint density at radius 2 is 2.15 bits per heavy atom. The van der Waals surface area contributed by atoms with Crippen molar-refractivity contribution < 1.29 is 14.6 Å². The zero-order valence-corrected chi connectivity index (χ0v) is 8.12. The number of hydrogen-bond donors (Lipinski definition) is 1. The van der Waals surface area contributed by atoms with Gasteiger partial charge in [0.15, 0.2) is 0 Å². The zero-order chi connectivity index (χ0) is 9.90. The maximum atomic E-state index is 11.6. The molecule has 0 aromatic carbocycles. The number of ether oxygens (including phenoxy) is 1. The first kappa shape index (κ1) is 10.3. The maximum absolute atomic E-state index is 11.6. The van der Waals surface area contributed by atoms with Gasteiger partial charge >= 0.3 is 5.97 Å². The maximum Gasteiger partial charge on any atom is 0.315 e. The Balaban J connectivity index is 2.73. The predicted octanol–water partition coefficient (Wildman–Crippen LogP) is 1.27. The van der Waals surface area contributed by atoms with E-state index in [9.17, 15) is 9.90 Å². The molecule has 0 bridgehead atoms. The second-order valence-electron chi connectivity index (χ2n) is 3.43. The Bertz CT molecular complexity index is 210. The van der Waals surface area contributed by atoms with E-state index in [1.807, 2.05) is 12.2 Å². The molecule has 0 radical (unpaired) electrons. The molecule has 1 atom stereocenters. The molecule has 1 rings (SSSR count). The molecule has 74 valence electrons. The highest BCUT2D eigenvalue weighted by molar-refractivity contribution is 5.78. The molecule has 0 spiro atoms. The molecule has 3 heteroatoms. The van der Waals surface area contributed by atoms with Crippen molar-refractivity contribution >= 4 is 5.97 Å². The molecule has 3 nitrogen and oxygen atoms in total. The number of carbonyl (C=O) groups excluding carboxylic acids is 1. The number of carbonyl (C=O) groups is 1. The van der Waals surface area contributed by atoms with Crippen LogP contribution in [0.2, 0.25) is 0 Å². The summed E-state index contributed by atoms with van der Waals surface area (Å²) >= 11 is 0. The summed E-state index contributed by atoms with van der Waals surface area (Å²) in [5.41, 5.74) is -0.712. The fourth-order valence-electron chi connectivity index (χ4n) is 1.62. The van der Waals surface area contributed by atoms with Crippen LogP contribution in [-0.2, 0) is 9.53 Å². The van der Waals surface area contributed by atoms with Crippen molar-refractivity contribution in [3.63, 3.8) is 0 Å². The molecule has 0 aromatic heterocycles. The van der Waals surface area contributed by atoms with Gasteiger partial charge in [-0.2, -0.15) is 0 Å². The monoisotopic (exact) mass is 184 g/mol. The lowest BCUT2D eigenvalue weighted by Crippen LogP contribution is -2.40. The fraction of sp³-hybridized carbons (Fsp3) is 0.700. The van der Waals surface area contributed by atoms with Crippen LogP contribution in [0.5, 0.6) is 0 Å². The summed E-state index contributed by atoms with van der Waals surface area (Å²) in [6, 6.07) is 0. The fourth-order valence-corrected chi connectivity index (χ4v) is 1.62. The van der Waals surface area contributed by atoms with Gasteiger partial charge in [0, 0.05) is 0 Å². The summed E-state index contributed by atoms with van der Waals surface area (Å²) in [6.45, 7) is 3.78. The topological polar surface area (TPSA) is 46.5 Å². The van der Waals surface area contributed by atoms with Crippen LogP contribution in [0.4, 0.5) is 0 Å². The molecular weight excluding hydrogens is 168 g/mol. The van der Waals surface area contributed by atoms with Crippen LogP contribution in [0.3, 0.4) is 0 Å². The Morgan fingerprint density at radius 1 is 1.62 bits per heavy atom. The smallest absolute Gasteiger partial charge is 0.315 e. The molecule has 0 aromatic rings. The SMILES string of the molecule is CCOC(=O)C1([C@@H](C)O)CC=CC1. The Labute approximate surface area is 78.4 Å². The molecule has 0 saturated heterocycles. The number of aliphatic hydroxyl groups excluding tert-OH is 1. The summed E-state index contributed by atoms with van der Waals surface area (Å²) in [6.07, 6.45) is 4.36. The van der Waals surface area contributed by atoms with Crippen LogP contribution in [-0.4, -0.2) is 23.8 Å². The molecule has 0 unspecified atom stereocenters. The first-order valence-corrected chi connectivity index (χ1v) is 4.64. The second kappa shape index (κ2) is 3.92. The molecule has 1 N–H and O–H groups in total. The van der Waals surface area contributed by atoms with Gasteiger partial charge in [-0.15, -0.1) is 0 Å². The number of rotatable bonds is 3. The molecule has 0 heterocycles. The Kier molecular flexibility index (Phi) is 3.09. The van der Waals surface area contributed by atoms with Gasteiger partial charge in [0.2, 0.25) is 0 Å². The Hall–Kier alpha value is -0.830. The molecule has 13 heavy (non-hydrogen) atoms. The van der Waals surface area contributed by atoms with E-state index in [4.69, 9.17) is 4.74 Å². The molecule has 0 fully saturated rings. The standard InChI is InChI=1S/C10H16O3/c1-3-13-9(12)10(8(2)11)6-4-5-7-10/h4-5,8,11H,3,6-7H2,1-2H3/t8-/m1/s1. The molecule has 0 aliphatic heterocycles. The Morgan fingerprint density at radius 3 is 2.54 bits per heavy atom. The largest absolute Gasteiger partial charge is 0.465 e. The first-order valence-electron chi connectivity index (χ1n) is 4.64. The molecule has 0 amide bonds. The van der Waals surface area contributed by atoms with Crippen LogP contribution in [0.1, 0.15) is 26.7 Å². The third-order valence-electron chi connectivity index (χ3n) is 2.61. The van der Waals surface area contributed by atoms with Gasteiger partial charge in [0.25, 0.3) is 0 Å². The van der Waals surface area contributed by atoms with Crippen molar-refractivity contribution in [1.82, 2.24) is 0 Å². The lowest BCUT2D eigenvalue weighted by molar-refractivity contribution is -0.161. The van der Waals surface area contributed by atoms with Crippen LogP contribution in [0.25, 0.3) is 0 Å². The molecule has 1 aliphatic rings. The van der Waals surface area contributed by atoms with E-state index >= 15 is 0 Å². The highest BCUT2D eigenvalue weighted by Gasteiger charge is 2.44. The molecule has 1 aliphatic carbocycles. The minimum absolute atomic E-state index is 0.282. The van der Waals surface area contributed by atoms with Crippen molar-refractivity contribution in [2.24, 2.45) is 5.41 Å². The number of esters is 1. The van der Waals surface area contributed by atoms with Crippen LogP contribution >= 0.6 is 0 Å². The summed E-state index contributed by atoms with van der Waals surface area (Å²) in [5.74, 6) is -0.282. The van der Waals surface area contributed by atoms with E-state index < -0.39 is 11.5 Å². The van der Waals surface area contributed by atoms with Crippen molar-refractivity contribution in [2.75, 3.05) is 6.61 Å². The van der Waals surface area contributed by atoms with Gasteiger partial charge in [-0.3, -0.25) is 4.79 Å². The van der Waals surface area contributed by atoms with Gasteiger partial charge in [-0.25, -0.2) is 0 Å². The summed E-state index contributed by atoms with van der Waals surface area (Å²) in [4.78, 5) is 11.6. The summed E-state index contributed by atoms with van der Waals surface area (Å²) < 4.78 is 4.95. The third-order valence-corrected chi connectivity index (χ3v) is 2.61. The van der Waals surface area contributed by atoms with E-state index in [-0.39, 0.29) is 5.97 Å². The van der Waals surface area contributed by atoms with Gasteiger partial charge in [-0.05, 0) is 26.7 Å². The van der Waals surface area contributed by atoms with E-state index in [0.717, 1.165) is 0 Å². The van der Waals surface area contributed by atoms with E-state index in [1.54, 1.807) is 13.8 Å². The van der Waals surface area contributed by atoms with Gasteiger partial charge in [0.05, 0.1) is 12.7 Å². The summed E-state index contributed by atoms with van der Waals surface area (Å²) in [7, 11) is 0. The normalized spacial score (nSPS) is 21.5. The number of hydrogen-bond acceptors (Lipinski definition) is 3. The highest BCUT2D eigenvalue weighted by atomic mass is 16.5. The lowest BCUT2D eigenvalue weighted by Gasteiger charge is -2.29. The molecular formula is C10H16O3. The number of allylic oxidation sites excluding steroid dienone is 2. The third kappa shape index (κ3) is 1.75. The van der Waals surface area contributed by atoms with Gasteiger partial charge < -0.3 is 9.84 Å². The number of aliphatic hydroxyl groups is 1. The van der Waals surface area contributed by atoms with Crippen molar-refractivity contribution in [2.45, 2.75) is 32.8 Å². The van der Waals surface area contributed by atoms with Crippen LogP contribution in [0, 0.1) is 5.41 Å². The van der Waals surface area contributed by atoms with E-state index in [1.165, 1.54) is 0 Å². The summed E-state index contributed by atoms with van der Waals surface area (Å²) in [5, 5.41) is 9.56. The minimum atomic E-state index is -0.712. The predicted molar refractivity (Wildman–Crippen MR) is 49.1 cm³/mol. The quantitative estimate of drug-likeness (QED) is 0.530. The minimum Gasteiger partial charge on any atom is -0.465 e. The van der Waals surface area contributed by atoms with Crippen molar-refractivity contribution in [1.29, 1.82) is 0 Å². The average Bonchev–Trinajstić information content (AvgIpc) is 2.53. The second-order valence-corrected chi connectivity index (χ2v) is 3.43. The van der Waals surface area contributed by atoms with Crippen molar-refractivity contribution in [3.8, 4) is 0 Å². The van der Waals surface area contributed by atoms with Gasteiger partial charge in [-0.1, -0.05) is 12.2 Å². The van der Waals surface area contributed by atoms with E-state index in [0.29, 0.717) is 19.4 Å². The first-order chi connectivity index (χ1) is 6.13. The average molecular weight is 184 g/mol. The lowest BCUT2D eigenvalue weighted by atomic mass is 9.80. The van der Waals surface area contributed by atoms with Gasteiger partial charge in [0.1, 0.15) is 5.41 Å². The highest BCUT2D eigenvalue weighted by Crippen LogP contribution is 2.37.